The number of ether oxygens (including phenoxy) is 2. The van der Waals surface area contributed by atoms with Crippen molar-refractivity contribution in [3.05, 3.63) is 0 Å². The van der Waals surface area contributed by atoms with Crippen LogP contribution in [0.4, 0.5) is 0 Å². The van der Waals surface area contributed by atoms with Crippen molar-refractivity contribution < 1.29 is 24.2 Å². The molecule has 44 heavy (non-hydrogen) atoms. The van der Waals surface area contributed by atoms with Gasteiger partial charge in [-0.15, -0.1) is 0 Å². The van der Waals surface area contributed by atoms with Crippen LogP contribution in [0.2, 0.25) is 0 Å². The van der Waals surface area contributed by atoms with Gasteiger partial charge >= 0.3 is 11.9 Å². The van der Waals surface area contributed by atoms with E-state index >= 15 is 0 Å². The Morgan fingerprint density at radius 3 is 0.886 bits per heavy atom. The van der Waals surface area contributed by atoms with Gasteiger partial charge in [-0.2, -0.15) is 0 Å². The minimum atomic E-state index is -0.956. The van der Waals surface area contributed by atoms with Crippen LogP contribution in [0.15, 0.2) is 0 Å². The van der Waals surface area contributed by atoms with Crippen molar-refractivity contribution in [2.45, 2.75) is 214 Å². The normalized spacial score (nSPS) is 12.2. The third kappa shape index (κ3) is 35.4. The maximum Gasteiger partial charge on any atom is 0.305 e. The first-order chi connectivity index (χ1) is 21.3. The van der Waals surface area contributed by atoms with Gasteiger partial charge in [0.05, 0.1) is 0 Å². The van der Waals surface area contributed by atoms with Crippen molar-refractivity contribution in [2.24, 2.45) is 11.8 Å². The fourth-order valence-electron chi connectivity index (χ4n) is 5.75. The van der Waals surface area contributed by atoms with E-state index in [4.69, 9.17) is 9.47 Å². The van der Waals surface area contributed by atoms with Gasteiger partial charge in [0.2, 0.25) is 0 Å². The molecule has 0 aliphatic heterocycles. The van der Waals surface area contributed by atoms with Gasteiger partial charge in [0.15, 0.2) is 0 Å². The zero-order valence-electron chi connectivity index (χ0n) is 30.0. The van der Waals surface area contributed by atoms with Gasteiger partial charge < -0.3 is 14.6 Å². The van der Waals surface area contributed by atoms with Crippen molar-refractivity contribution in [3.63, 3.8) is 0 Å². The van der Waals surface area contributed by atoms with Gasteiger partial charge in [-0.25, -0.2) is 0 Å². The monoisotopic (exact) mass is 625 g/mol. The minimum Gasteiger partial charge on any atom is -0.463 e. The molecule has 0 heterocycles. The molecule has 0 rings (SSSR count). The fraction of sp³-hybridized carbons (Fsp3) is 0.949. The van der Waals surface area contributed by atoms with E-state index in [-0.39, 0.29) is 25.2 Å². The first kappa shape index (κ1) is 42.9. The van der Waals surface area contributed by atoms with Crippen molar-refractivity contribution in [1.82, 2.24) is 0 Å². The summed E-state index contributed by atoms with van der Waals surface area (Å²) in [4.78, 5) is 23.9. The highest BCUT2D eigenvalue weighted by Crippen LogP contribution is 2.16. The second kappa shape index (κ2) is 33.3. The molecule has 5 heteroatoms. The van der Waals surface area contributed by atoms with Crippen LogP contribution < -0.4 is 0 Å². The van der Waals surface area contributed by atoms with Crippen molar-refractivity contribution in [2.75, 3.05) is 13.2 Å². The van der Waals surface area contributed by atoms with Crippen LogP contribution in [-0.2, 0) is 19.1 Å². The molecule has 0 saturated heterocycles. The van der Waals surface area contributed by atoms with Gasteiger partial charge in [0.1, 0.15) is 19.3 Å². The van der Waals surface area contributed by atoms with E-state index in [0.29, 0.717) is 12.8 Å². The lowest BCUT2D eigenvalue weighted by Crippen LogP contribution is -2.25. The maximum atomic E-state index is 12.0. The van der Waals surface area contributed by atoms with Crippen LogP contribution in [0, 0.1) is 11.8 Å². The maximum absolute atomic E-state index is 12.0. The predicted octanol–water partition coefficient (Wildman–Crippen LogP) is 11.7. The van der Waals surface area contributed by atoms with E-state index in [2.05, 4.69) is 27.7 Å². The highest BCUT2D eigenvalue weighted by atomic mass is 16.6. The lowest BCUT2D eigenvalue weighted by molar-refractivity contribution is -0.152. The van der Waals surface area contributed by atoms with Gasteiger partial charge in [-0.3, -0.25) is 9.59 Å². The molecule has 1 N–H and O–H groups in total. The lowest BCUT2D eigenvalue weighted by Gasteiger charge is -2.12. The topological polar surface area (TPSA) is 72.8 Å². The summed E-state index contributed by atoms with van der Waals surface area (Å²) in [5, 5.41) is 10.00. The molecule has 0 fully saturated rings. The standard InChI is InChI=1S/C39H76O5/c1-35(2)29-25-21-17-13-9-6-5-7-11-15-19-23-27-31-38(41)43-33-37(40)34-44-39(42)32-28-24-20-16-12-8-10-14-18-22-26-30-36(3)4/h35-37,40H,5-34H2,1-4H3/t37-/m1/s1. The van der Waals surface area contributed by atoms with Crippen LogP contribution in [0.1, 0.15) is 207 Å². The summed E-state index contributed by atoms with van der Waals surface area (Å²) in [7, 11) is 0. The van der Waals surface area contributed by atoms with E-state index in [9.17, 15) is 14.7 Å². The molecule has 262 valence electrons. The average Bonchev–Trinajstić information content (AvgIpc) is 2.98. The minimum absolute atomic E-state index is 0.109. The Balaban J connectivity index is 3.39. The summed E-state index contributed by atoms with van der Waals surface area (Å²) in [5.74, 6) is 1.13. The molecule has 0 aromatic carbocycles. The number of carbonyl (C=O) groups is 2. The van der Waals surface area contributed by atoms with E-state index in [1.54, 1.807) is 0 Å². The molecular weight excluding hydrogens is 548 g/mol. The number of aliphatic hydroxyl groups is 1. The molecule has 0 aliphatic rings. The second-order valence-corrected chi connectivity index (χ2v) is 14.4. The number of hydrogen-bond acceptors (Lipinski definition) is 5. The Morgan fingerprint density at radius 2 is 0.636 bits per heavy atom. The van der Waals surface area contributed by atoms with Crippen LogP contribution >= 0.6 is 0 Å². The molecule has 0 aliphatic carbocycles. The summed E-state index contributed by atoms with van der Waals surface area (Å²) in [5.41, 5.74) is 0. The Bertz CT molecular complexity index is 618. The molecule has 0 amide bonds. The number of hydrogen-bond donors (Lipinski definition) is 1. The van der Waals surface area contributed by atoms with Crippen molar-refractivity contribution in [1.29, 1.82) is 0 Å². The van der Waals surface area contributed by atoms with Crippen LogP contribution in [0.5, 0.6) is 0 Å². The molecule has 0 aromatic heterocycles. The first-order valence-corrected chi connectivity index (χ1v) is 19.3. The SMILES string of the molecule is CC(C)CCCCCCCCCCCCCCCC(=O)OC[C@@H](O)COC(=O)CCCCCCCCCCCCCC(C)C. The Labute approximate surface area is 274 Å². The fourth-order valence-corrected chi connectivity index (χ4v) is 5.75. The quantitative estimate of drug-likeness (QED) is 0.0569. The summed E-state index contributed by atoms with van der Waals surface area (Å²) in [6, 6.07) is 0. The van der Waals surface area contributed by atoms with E-state index < -0.39 is 6.10 Å². The zero-order valence-corrected chi connectivity index (χ0v) is 30.0. The molecular formula is C39H76O5. The highest BCUT2D eigenvalue weighted by Gasteiger charge is 2.12. The van der Waals surface area contributed by atoms with Crippen molar-refractivity contribution >= 4 is 11.9 Å². The molecule has 0 bridgehead atoms. The van der Waals surface area contributed by atoms with Gasteiger partial charge in [-0.1, -0.05) is 182 Å². The van der Waals surface area contributed by atoms with Gasteiger partial charge in [0, 0.05) is 12.8 Å². The Kier molecular flexibility index (Phi) is 32.4. The highest BCUT2D eigenvalue weighted by molar-refractivity contribution is 5.69. The zero-order chi connectivity index (χ0) is 32.5. The van der Waals surface area contributed by atoms with E-state index in [1.807, 2.05) is 0 Å². The number of carbonyl (C=O) groups excluding carboxylic acids is 2. The Hall–Kier alpha value is -1.10. The summed E-state index contributed by atoms with van der Waals surface area (Å²) >= 11 is 0. The van der Waals surface area contributed by atoms with E-state index in [1.165, 1.54) is 141 Å². The first-order valence-electron chi connectivity index (χ1n) is 19.3. The molecule has 0 spiro atoms. The molecule has 0 unspecified atom stereocenters. The predicted molar refractivity (Wildman–Crippen MR) is 187 cm³/mol. The smallest absolute Gasteiger partial charge is 0.305 e. The number of esters is 2. The van der Waals surface area contributed by atoms with Crippen LogP contribution in [0.25, 0.3) is 0 Å². The second-order valence-electron chi connectivity index (χ2n) is 14.4. The van der Waals surface area contributed by atoms with Crippen LogP contribution in [0.3, 0.4) is 0 Å². The molecule has 0 radical (unpaired) electrons. The number of aliphatic hydroxyl groups excluding tert-OH is 1. The largest absolute Gasteiger partial charge is 0.463 e. The lowest BCUT2D eigenvalue weighted by atomic mass is 10.0. The molecule has 1 atom stereocenters. The Morgan fingerprint density at radius 1 is 0.409 bits per heavy atom. The summed E-state index contributed by atoms with van der Waals surface area (Å²) < 4.78 is 10.3. The van der Waals surface area contributed by atoms with Gasteiger partial charge in [-0.05, 0) is 24.7 Å². The summed E-state index contributed by atoms with van der Waals surface area (Å²) in [6.45, 7) is 9.01. The average molecular weight is 625 g/mol. The number of unbranched alkanes of at least 4 members (excludes halogenated alkanes) is 22. The van der Waals surface area contributed by atoms with E-state index in [0.717, 1.165) is 37.5 Å². The third-order valence-corrected chi connectivity index (χ3v) is 8.70. The van der Waals surface area contributed by atoms with Gasteiger partial charge in [0.25, 0.3) is 0 Å². The summed E-state index contributed by atoms with van der Waals surface area (Å²) in [6.07, 6.45) is 33.0. The van der Waals surface area contributed by atoms with Crippen molar-refractivity contribution in [3.8, 4) is 0 Å². The third-order valence-electron chi connectivity index (χ3n) is 8.70. The molecule has 0 aromatic rings. The van der Waals surface area contributed by atoms with Crippen LogP contribution in [-0.4, -0.2) is 36.4 Å². The molecule has 0 saturated carbocycles. The number of rotatable bonds is 34. The molecule has 5 nitrogen and oxygen atoms in total.